The van der Waals surface area contributed by atoms with E-state index in [9.17, 15) is 10.5 Å². The summed E-state index contributed by atoms with van der Waals surface area (Å²) in [5, 5.41) is 25.0. The van der Waals surface area contributed by atoms with Gasteiger partial charge < -0.3 is 0 Å². The minimum atomic E-state index is 0.595. The molecule has 0 fully saturated rings. The van der Waals surface area contributed by atoms with Gasteiger partial charge >= 0.3 is 0 Å². The van der Waals surface area contributed by atoms with Gasteiger partial charge in [0.05, 0.1) is 17.2 Å². The van der Waals surface area contributed by atoms with Crippen LogP contribution in [0, 0.1) is 22.7 Å². The van der Waals surface area contributed by atoms with Crippen molar-refractivity contribution in [2.24, 2.45) is 0 Å². The molecule has 4 heteroatoms. The van der Waals surface area contributed by atoms with E-state index >= 15 is 0 Å². The Balaban J connectivity index is 1.50. The van der Waals surface area contributed by atoms with Crippen LogP contribution in [0.3, 0.4) is 0 Å². The van der Waals surface area contributed by atoms with Crippen LogP contribution >= 0.6 is 22.7 Å². The molecular formula is C38H20N2S2. The van der Waals surface area contributed by atoms with Gasteiger partial charge in [0.2, 0.25) is 0 Å². The molecule has 0 unspecified atom stereocenters. The molecule has 2 heterocycles. The third-order valence-electron chi connectivity index (χ3n) is 7.98. The van der Waals surface area contributed by atoms with Crippen molar-refractivity contribution in [2.45, 2.75) is 0 Å². The topological polar surface area (TPSA) is 47.6 Å². The standard InChI is InChI=1S/C38H20N2S2/c39-21-23-15-17-24(18-16-23)30-19-25(26-9-5-13-35-37(26)28-7-1-3-11-33(28)41-35)20-31(32(30)22-40)27-10-6-14-36-38(27)29-8-2-4-12-34(29)42-36/h1-20H. The van der Waals surface area contributed by atoms with Gasteiger partial charge in [0, 0.05) is 51.5 Å². The van der Waals surface area contributed by atoms with Gasteiger partial charge in [-0.3, -0.25) is 0 Å². The summed E-state index contributed by atoms with van der Waals surface area (Å²) in [5.41, 5.74) is 7.19. The third-order valence-corrected chi connectivity index (χ3v) is 10.3. The van der Waals surface area contributed by atoms with Crippen molar-refractivity contribution < 1.29 is 0 Å². The van der Waals surface area contributed by atoms with Crippen LogP contribution in [0.4, 0.5) is 0 Å². The highest BCUT2D eigenvalue weighted by Crippen LogP contribution is 2.46. The molecular weight excluding hydrogens is 549 g/mol. The SMILES string of the molecule is N#Cc1ccc(-c2cc(-c3cccc4sc5ccccc5c34)cc(-c3cccc4sc5ccccc5c34)c2C#N)cc1. The third kappa shape index (κ3) is 3.75. The van der Waals surface area contributed by atoms with Crippen LogP contribution in [0.1, 0.15) is 11.1 Å². The molecule has 0 bridgehead atoms. The molecule has 42 heavy (non-hydrogen) atoms. The maximum atomic E-state index is 10.7. The number of hydrogen-bond donors (Lipinski definition) is 0. The molecule has 0 saturated carbocycles. The average molecular weight is 569 g/mol. The Bertz CT molecular complexity index is 2430. The Morgan fingerprint density at radius 1 is 0.429 bits per heavy atom. The average Bonchev–Trinajstić information content (AvgIpc) is 3.63. The molecule has 8 rings (SSSR count). The maximum absolute atomic E-state index is 10.7. The molecule has 0 aliphatic rings. The summed E-state index contributed by atoms with van der Waals surface area (Å²) >= 11 is 3.59. The van der Waals surface area contributed by atoms with E-state index in [2.05, 4.69) is 109 Å². The first-order valence-corrected chi connectivity index (χ1v) is 15.3. The lowest BCUT2D eigenvalue weighted by molar-refractivity contribution is 1.46. The van der Waals surface area contributed by atoms with E-state index in [1.54, 1.807) is 22.7 Å². The van der Waals surface area contributed by atoms with E-state index in [1.807, 2.05) is 24.3 Å². The molecule has 6 aromatic carbocycles. The van der Waals surface area contributed by atoms with E-state index in [0.29, 0.717) is 11.1 Å². The Kier molecular flexibility index (Phi) is 5.66. The van der Waals surface area contributed by atoms with Crippen molar-refractivity contribution in [3.05, 3.63) is 132 Å². The Morgan fingerprint density at radius 3 is 1.60 bits per heavy atom. The zero-order valence-corrected chi connectivity index (χ0v) is 23.9. The van der Waals surface area contributed by atoms with Gasteiger partial charge in [-0.25, -0.2) is 0 Å². The molecule has 2 nitrogen and oxygen atoms in total. The normalized spacial score (nSPS) is 11.3. The van der Waals surface area contributed by atoms with Gasteiger partial charge in [0.15, 0.2) is 0 Å². The quantitative estimate of drug-likeness (QED) is 0.213. The van der Waals surface area contributed by atoms with Crippen LogP contribution in [0.25, 0.3) is 73.7 Å². The summed E-state index contributed by atoms with van der Waals surface area (Å²) in [4.78, 5) is 0. The number of nitrogens with zero attached hydrogens (tertiary/aromatic N) is 2. The van der Waals surface area contributed by atoms with Gasteiger partial charge in [0.1, 0.15) is 6.07 Å². The van der Waals surface area contributed by atoms with Crippen LogP contribution in [-0.2, 0) is 0 Å². The maximum Gasteiger partial charge on any atom is 0.100 e. The highest BCUT2D eigenvalue weighted by molar-refractivity contribution is 7.26. The number of fused-ring (bicyclic) bond motifs is 6. The van der Waals surface area contributed by atoms with Crippen LogP contribution in [0.5, 0.6) is 0 Å². The minimum Gasteiger partial charge on any atom is -0.192 e. The first-order chi connectivity index (χ1) is 20.7. The number of thiophene rings is 2. The summed E-state index contributed by atoms with van der Waals surface area (Å²) in [6, 6.07) is 46.6. The molecule has 0 atom stereocenters. The zero-order chi connectivity index (χ0) is 28.2. The first kappa shape index (κ1) is 24.5. The van der Waals surface area contributed by atoms with Crippen LogP contribution in [0.15, 0.2) is 121 Å². The molecule has 0 saturated heterocycles. The Labute approximate surface area is 250 Å². The van der Waals surface area contributed by atoms with Crippen molar-refractivity contribution in [1.82, 2.24) is 0 Å². The van der Waals surface area contributed by atoms with Gasteiger partial charge in [-0.05, 0) is 70.8 Å². The fraction of sp³-hybridized carbons (Fsp3) is 0. The molecule has 0 amide bonds. The number of hydrogen-bond acceptors (Lipinski definition) is 4. The van der Waals surface area contributed by atoms with Crippen molar-refractivity contribution in [3.63, 3.8) is 0 Å². The van der Waals surface area contributed by atoms with Crippen molar-refractivity contribution in [1.29, 1.82) is 10.5 Å². The number of nitriles is 2. The number of rotatable bonds is 3. The van der Waals surface area contributed by atoms with Crippen LogP contribution in [-0.4, -0.2) is 0 Å². The summed E-state index contributed by atoms with van der Waals surface area (Å²) in [7, 11) is 0. The Morgan fingerprint density at radius 2 is 0.976 bits per heavy atom. The molecule has 0 aliphatic heterocycles. The Hall–Kier alpha value is -5.26. The highest BCUT2D eigenvalue weighted by atomic mass is 32.1. The molecule has 0 radical (unpaired) electrons. The minimum absolute atomic E-state index is 0.595. The summed E-state index contributed by atoms with van der Waals surface area (Å²) < 4.78 is 4.94. The van der Waals surface area contributed by atoms with Gasteiger partial charge in [-0.15, -0.1) is 22.7 Å². The second-order valence-corrected chi connectivity index (χ2v) is 12.5. The van der Waals surface area contributed by atoms with Gasteiger partial charge in [-0.2, -0.15) is 10.5 Å². The van der Waals surface area contributed by atoms with Crippen molar-refractivity contribution in [3.8, 4) is 45.5 Å². The van der Waals surface area contributed by atoms with Gasteiger partial charge in [-0.1, -0.05) is 72.8 Å². The predicted molar refractivity (Wildman–Crippen MR) is 178 cm³/mol. The van der Waals surface area contributed by atoms with Crippen LogP contribution in [0.2, 0.25) is 0 Å². The van der Waals surface area contributed by atoms with Crippen molar-refractivity contribution in [2.75, 3.05) is 0 Å². The van der Waals surface area contributed by atoms with E-state index in [1.165, 1.54) is 40.3 Å². The van der Waals surface area contributed by atoms with Gasteiger partial charge in [0.25, 0.3) is 0 Å². The van der Waals surface area contributed by atoms with E-state index in [0.717, 1.165) is 33.4 Å². The predicted octanol–water partition coefficient (Wildman–Crippen LogP) is 11.2. The second kappa shape index (κ2) is 9.68. The molecule has 8 aromatic rings. The lowest BCUT2D eigenvalue weighted by atomic mass is 9.86. The molecule has 0 spiro atoms. The van der Waals surface area contributed by atoms with Crippen molar-refractivity contribution >= 4 is 63.0 Å². The summed E-state index contributed by atoms with van der Waals surface area (Å²) in [5.74, 6) is 0. The summed E-state index contributed by atoms with van der Waals surface area (Å²) in [6.45, 7) is 0. The van der Waals surface area contributed by atoms with E-state index < -0.39 is 0 Å². The van der Waals surface area contributed by atoms with E-state index in [4.69, 9.17) is 0 Å². The fourth-order valence-electron chi connectivity index (χ4n) is 6.10. The second-order valence-electron chi connectivity index (χ2n) is 10.3. The monoisotopic (exact) mass is 568 g/mol. The van der Waals surface area contributed by atoms with Crippen LogP contribution < -0.4 is 0 Å². The zero-order valence-electron chi connectivity index (χ0n) is 22.3. The largest absolute Gasteiger partial charge is 0.192 e. The molecule has 0 N–H and O–H groups in total. The molecule has 194 valence electrons. The summed E-state index contributed by atoms with van der Waals surface area (Å²) in [6.07, 6.45) is 0. The fourth-order valence-corrected chi connectivity index (χ4v) is 8.36. The lowest BCUT2D eigenvalue weighted by Crippen LogP contribution is -1.94. The molecule has 2 aromatic heterocycles. The smallest absolute Gasteiger partial charge is 0.100 e. The number of benzene rings is 6. The highest BCUT2D eigenvalue weighted by Gasteiger charge is 2.20. The first-order valence-electron chi connectivity index (χ1n) is 13.6. The lowest BCUT2D eigenvalue weighted by Gasteiger charge is -2.16. The van der Waals surface area contributed by atoms with E-state index in [-0.39, 0.29) is 0 Å². The molecule has 0 aliphatic carbocycles.